The first-order chi connectivity index (χ1) is 10.3. The lowest BCUT2D eigenvalue weighted by molar-refractivity contribution is 0.179. The zero-order chi connectivity index (χ0) is 14.7. The number of aromatic nitrogens is 2. The zero-order valence-corrected chi connectivity index (χ0v) is 12.6. The zero-order valence-electron chi connectivity index (χ0n) is 12.6. The van der Waals surface area contributed by atoms with Gasteiger partial charge in [0.05, 0.1) is 13.4 Å². The Labute approximate surface area is 125 Å². The molecule has 1 aromatic carbocycles. The Balaban J connectivity index is 1.61. The number of ether oxygens (including phenoxy) is 1. The average molecular weight is 286 g/mol. The predicted octanol–water partition coefficient (Wildman–Crippen LogP) is 2.13. The second-order valence-electron chi connectivity index (χ2n) is 5.54. The molecule has 1 N–H and O–H groups in total. The van der Waals surface area contributed by atoms with Crippen LogP contribution in [0, 0.1) is 0 Å². The molecule has 0 radical (unpaired) electrons. The Bertz CT molecular complexity index is 552. The predicted molar refractivity (Wildman–Crippen MR) is 83.7 cm³/mol. The molecule has 0 bridgehead atoms. The summed E-state index contributed by atoms with van der Waals surface area (Å²) in [7, 11) is 1.70. The highest BCUT2D eigenvalue weighted by Gasteiger charge is 2.24. The van der Waals surface area contributed by atoms with Crippen LogP contribution in [-0.4, -0.2) is 47.7 Å². The van der Waals surface area contributed by atoms with E-state index in [0.717, 1.165) is 31.9 Å². The van der Waals surface area contributed by atoms with Crippen LogP contribution in [0.3, 0.4) is 0 Å². The molecule has 1 saturated heterocycles. The molecule has 2 aromatic rings. The Morgan fingerprint density at radius 2 is 2.10 bits per heavy atom. The van der Waals surface area contributed by atoms with Crippen LogP contribution in [0.4, 0.5) is 5.69 Å². The van der Waals surface area contributed by atoms with Gasteiger partial charge < -0.3 is 14.6 Å². The summed E-state index contributed by atoms with van der Waals surface area (Å²) >= 11 is 0. The summed E-state index contributed by atoms with van der Waals surface area (Å²) < 4.78 is 5.22. The molecule has 1 unspecified atom stereocenters. The first-order valence-electron chi connectivity index (χ1n) is 7.36. The van der Waals surface area contributed by atoms with Gasteiger partial charge in [-0.15, -0.1) is 0 Å². The molecule has 1 fully saturated rings. The van der Waals surface area contributed by atoms with E-state index in [-0.39, 0.29) is 0 Å². The number of H-pyrrole nitrogens is 1. The molecule has 3 rings (SSSR count). The molecular formula is C16H22N4O. The van der Waals surface area contributed by atoms with Gasteiger partial charge in [0.1, 0.15) is 5.75 Å². The highest BCUT2D eigenvalue weighted by molar-refractivity contribution is 5.49. The molecular weight excluding hydrogens is 264 g/mol. The summed E-state index contributed by atoms with van der Waals surface area (Å²) in [5.74, 6) is 0.907. The van der Waals surface area contributed by atoms with E-state index in [1.54, 1.807) is 13.4 Å². The third kappa shape index (κ3) is 3.19. The quantitative estimate of drug-likeness (QED) is 0.935. The van der Waals surface area contributed by atoms with Crippen molar-refractivity contribution in [1.82, 2.24) is 14.9 Å². The van der Waals surface area contributed by atoms with E-state index in [1.807, 2.05) is 18.3 Å². The van der Waals surface area contributed by atoms with Gasteiger partial charge in [-0.1, -0.05) is 0 Å². The Kier molecular flexibility index (Phi) is 4.10. The van der Waals surface area contributed by atoms with Crippen LogP contribution in [0.5, 0.6) is 5.75 Å². The number of anilines is 1. The van der Waals surface area contributed by atoms with E-state index in [9.17, 15) is 0 Å². The number of aromatic amines is 1. The fourth-order valence-electron chi connectivity index (χ4n) is 2.85. The number of hydrogen-bond donors (Lipinski definition) is 1. The molecule has 2 heterocycles. The van der Waals surface area contributed by atoms with Gasteiger partial charge in [0.25, 0.3) is 0 Å². The van der Waals surface area contributed by atoms with Gasteiger partial charge in [-0.25, -0.2) is 4.98 Å². The van der Waals surface area contributed by atoms with Crippen molar-refractivity contribution in [2.45, 2.75) is 19.5 Å². The molecule has 112 valence electrons. The van der Waals surface area contributed by atoms with E-state index >= 15 is 0 Å². The normalized spacial score (nSPS) is 19.7. The topological polar surface area (TPSA) is 44.4 Å². The Morgan fingerprint density at radius 1 is 1.29 bits per heavy atom. The van der Waals surface area contributed by atoms with Crippen LogP contribution < -0.4 is 9.64 Å². The van der Waals surface area contributed by atoms with Crippen molar-refractivity contribution in [2.75, 3.05) is 31.6 Å². The first kappa shape index (κ1) is 13.9. The summed E-state index contributed by atoms with van der Waals surface area (Å²) in [6, 6.07) is 8.84. The molecule has 1 aromatic heterocycles. The molecule has 1 aliphatic rings. The molecule has 0 aliphatic carbocycles. The lowest BCUT2D eigenvalue weighted by Gasteiger charge is -2.40. The average Bonchev–Trinajstić information content (AvgIpc) is 3.02. The Hall–Kier alpha value is -2.01. The van der Waals surface area contributed by atoms with Crippen molar-refractivity contribution in [3.8, 4) is 5.75 Å². The van der Waals surface area contributed by atoms with Crippen molar-refractivity contribution < 1.29 is 4.74 Å². The Morgan fingerprint density at radius 3 is 2.71 bits per heavy atom. The lowest BCUT2D eigenvalue weighted by atomic mass is 10.1. The van der Waals surface area contributed by atoms with Crippen LogP contribution >= 0.6 is 0 Å². The van der Waals surface area contributed by atoms with Gasteiger partial charge in [-0.3, -0.25) is 4.90 Å². The molecule has 1 aliphatic heterocycles. The number of piperazine rings is 1. The number of imidazole rings is 1. The maximum atomic E-state index is 5.22. The van der Waals surface area contributed by atoms with E-state index in [4.69, 9.17) is 4.74 Å². The van der Waals surface area contributed by atoms with E-state index < -0.39 is 0 Å². The summed E-state index contributed by atoms with van der Waals surface area (Å²) in [5, 5.41) is 0. The van der Waals surface area contributed by atoms with Crippen LogP contribution in [0.1, 0.15) is 12.6 Å². The van der Waals surface area contributed by atoms with E-state index in [0.29, 0.717) is 6.04 Å². The number of benzene rings is 1. The lowest BCUT2D eigenvalue weighted by Crippen LogP contribution is -2.51. The third-order valence-corrected chi connectivity index (χ3v) is 4.13. The van der Waals surface area contributed by atoms with Crippen LogP contribution in [-0.2, 0) is 6.54 Å². The van der Waals surface area contributed by atoms with Crippen LogP contribution in [0.15, 0.2) is 36.8 Å². The van der Waals surface area contributed by atoms with Gasteiger partial charge in [0.2, 0.25) is 0 Å². The fourth-order valence-corrected chi connectivity index (χ4v) is 2.85. The van der Waals surface area contributed by atoms with Crippen LogP contribution in [0.2, 0.25) is 0 Å². The fraction of sp³-hybridized carbons (Fsp3) is 0.438. The number of hydrogen-bond acceptors (Lipinski definition) is 4. The number of rotatable bonds is 4. The maximum absolute atomic E-state index is 5.22. The van der Waals surface area contributed by atoms with Crippen molar-refractivity contribution in [1.29, 1.82) is 0 Å². The summed E-state index contributed by atoms with van der Waals surface area (Å²) in [6.45, 7) is 6.38. The molecule has 0 saturated carbocycles. The minimum atomic E-state index is 0.518. The van der Waals surface area contributed by atoms with E-state index in [1.165, 1.54) is 11.4 Å². The second kappa shape index (κ2) is 6.18. The first-order valence-corrected chi connectivity index (χ1v) is 7.36. The molecule has 0 amide bonds. The van der Waals surface area contributed by atoms with Gasteiger partial charge in [0.15, 0.2) is 0 Å². The third-order valence-electron chi connectivity index (χ3n) is 4.13. The van der Waals surface area contributed by atoms with Crippen molar-refractivity contribution >= 4 is 5.69 Å². The minimum Gasteiger partial charge on any atom is -0.497 e. The minimum absolute atomic E-state index is 0.518. The van der Waals surface area contributed by atoms with Gasteiger partial charge >= 0.3 is 0 Å². The molecule has 5 nitrogen and oxygen atoms in total. The van der Waals surface area contributed by atoms with Gasteiger partial charge in [0, 0.05) is 49.8 Å². The highest BCUT2D eigenvalue weighted by atomic mass is 16.5. The van der Waals surface area contributed by atoms with Gasteiger partial charge in [-0.05, 0) is 31.2 Å². The largest absolute Gasteiger partial charge is 0.497 e. The second-order valence-corrected chi connectivity index (χ2v) is 5.54. The number of nitrogens with zero attached hydrogens (tertiary/aromatic N) is 3. The van der Waals surface area contributed by atoms with Crippen molar-refractivity contribution in [3.63, 3.8) is 0 Å². The van der Waals surface area contributed by atoms with Crippen molar-refractivity contribution in [2.24, 2.45) is 0 Å². The molecule has 0 spiro atoms. The monoisotopic (exact) mass is 286 g/mol. The highest BCUT2D eigenvalue weighted by Crippen LogP contribution is 2.22. The van der Waals surface area contributed by atoms with Crippen molar-refractivity contribution in [3.05, 3.63) is 42.5 Å². The molecule has 1 atom stereocenters. The number of nitrogens with one attached hydrogen (secondary N) is 1. The SMILES string of the molecule is COc1ccc(N2CCN(Cc3cnc[nH]3)C(C)C2)cc1. The van der Waals surface area contributed by atoms with Gasteiger partial charge in [-0.2, -0.15) is 0 Å². The number of methoxy groups -OCH3 is 1. The van der Waals surface area contributed by atoms with Crippen LogP contribution in [0.25, 0.3) is 0 Å². The molecule has 21 heavy (non-hydrogen) atoms. The summed E-state index contributed by atoms with van der Waals surface area (Å²) in [4.78, 5) is 12.2. The molecule has 5 heteroatoms. The smallest absolute Gasteiger partial charge is 0.119 e. The summed E-state index contributed by atoms with van der Waals surface area (Å²) in [6.07, 6.45) is 3.65. The standard InChI is InChI=1S/C16H22N4O/c1-13-10-20(15-3-5-16(21-2)6-4-15)8-7-19(13)11-14-9-17-12-18-14/h3-6,9,12-13H,7-8,10-11H2,1-2H3,(H,17,18). The summed E-state index contributed by atoms with van der Waals surface area (Å²) in [5.41, 5.74) is 2.45. The maximum Gasteiger partial charge on any atom is 0.119 e. The van der Waals surface area contributed by atoms with E-state index in [2.05, 4.69) is 38.8 Å².